The van der Waals surface area contributed by atoms with E-state index >= 15 is 0 Å². The van der Waals surface area contributed by atoms with Crippen molar-refractivity contribution in [1.82, 2.24) is 0 Å². The summed E-state index contributed by atoms with van der Waals surface area (Å²) in [6.07, 6.45) is 0.382. The lowest BCUT2D eigenvalue weighted by Crippen LogP contribution is -2.35. The van der Waals surface area contributed by atoms with Gasteiger partial charge in [0.1, 0.15) is 17.1 Å². The van der Waals surface area contributed by atoms with Crippen molar-refractivity contribution in [3.8, 4) is 17.6 Å². The number of nitriles is 1. The van der Waals surface area contributed by atoms with E-state index in [0.29, 0.717) is 28.6 Å². The molecule has 0 fully saturated rings. The van der Waals surface area contributed by atoms with Crippen LogP contribution in [0.1, 0.15) is 31.9 Å². The number of hydrogen-bond donors (Lipinski definition) is 0. The van der Waals surface area contributed by atoms with Crippen LogP contribution in [0.4, 0.5) is 10.5 Å². The number of amides is 1. The molecule has 0 aromatic heterocycles. The molecule has 0 saturated carbocycles. The number of fused-ring (bicyclic) bond motifs is 1. The van der Waals surface area contributed by atoms with Crippen molar-refractivity contribution in [2.75, 3.05) is 11.4 Å². The second-order valence-electron chi connectivity index (χ2n) is 7.03. The number of carbonyl (C=O) groups excluding carboxylic acids is 1. The first-order valence-electron chi connectivity index (χ1n) is 8.28. The van der Waals surface area contributed by atoms with Crippen LogP contribution in [0.25, 0.3) is 0 Å². The Morgan fingerprint density at radius 3 is 2.65 bits per heavy atom. The highest BCUT2D eigenvalue weighted by Gasteiger charge is 2.29. The summed E-state index contributed by atoms with van der Waals surface area (Å²) in [6.45, 7) is 6.12. The number of rotatable bonds is 2. The molecule has 1 heterocycles. The number of hydrogen-bond acceptors (Lipinski definition) is 4. The maximum Gasteiger partial charge on any atom is 0.414 e. The lowest BCUT2D eigenvalue weighted by Gasteiger charge is -2.24. The molecule has 0 unspecified atom stereocenters. The van der Waals surface area contributed by atoms with Crippen LogP contribution in [0.15, 0.2) is 36.4 Å². The van der Waals surface area contributed by atoms with Crippen LogP contribution >= 0.6 is 11.6 Å². The van der Waals surface area contributed by atoms with Crippen LogP contribution in [-0.2, 0) is 11.2 Å². The monoisotopic (exact) mass is 370 g/mol. The molecule has 3 rings (SSSR count). The molecule has 134 valence electrons. The fourth-order valence-electron chi connectivity index (χ4n) is 2.73. The topological polar surface area (TPSA) is 62.6 Å². The van der Waals surface area contributed by atoms with Crippen LogP contribution in [0, 0.1) is 11.3 Å². The predicted molar refractivity (Wildman–Crippen MR) is 100.0 cm³/mol. The van der Waals surface area contributed by atoms with Gasteiger partial charge in [0.05, 0.1) is 22.3 Å². The van der Waals surface area contributed by atoms with E-state index in [2.05, 4.69) is 0 Å². The third-order valence-electron chi connectivity index (χ3n) is 3.85. The van der Waals surface area contributed by atoms with Gasteiger partial charge >= 0.3 is 6.09 Å². The van der Waals surface area contributed by atoms with E-state index in [9.17, 15) is 4.79 Å². The zero-order valence-electron chi connectivity index (χ0n) is 14.9. The van der Waals surface area contributed by atoms with Crippen molar-refractivity contribution in [1.29, 1.82) is 5.26 Å². The van der Waals surface area contributed by atoms with Gasteiger partial charge in [0.25, 0.3) is 0 Å². The van der Waals surface area contributed by atoms with E-state index < -0.39 is 5.60 Å². The first-order valence-corrected chi connectivity index (χ1v) is 8.65. The van der Waals surface area contributed by atoms with Crippen LogP contribution in [0.3, 0.4) is 0 Å². The Morgan fingerprint density at radius 1 is 1.23 bits per heavy atom. The molecule has 1 aliphatic rings. The summed E-state index contributed by atoms with van der Waals surface area (Å²) >= 11 is 6.16. The summed E-state index contributed by atoms with van der Waals surface area (Å²) in [5.74, 6) is 1.11. The van der Waals surface area contributed by atoms with Gasteiger partial charge in [0.2, 0.25) is 0 Å². The molecule has 0 radical (unpaired) electrons. The van der Waals surface area contributed by atoms with E-state index in [1.54, 1.807) is 29.2 Å². The Bertz CT molecular complexity index is 897. The Kier molecular flexibility index (Phi) is 4.80. The average Bonchev–Trinajstić information content (AvgIpc) is 2.98. The Labute approximate surface area is 157 Å². The van der Waals surface area contributed by atoms with Gasteiger partial charge in [-0.2, -0.15) is 5.26 Å². The van der Waals surface area contributed by atoms with Crippen molar-refractivity contribution < 1.29 is 14.3 Å². The Balaban J connectivity index is 1.78. The molecule has 0 N–H and O–H groups in total. The fourth-order valence-corrected chi connectivity index (χ4v) is 2.95. The SMILES string of the molecule is CC(C)(C)OC(=O)N1CCc2cc(Oc3ccc(C#N)cc3Cl)ccc21. The maximum absolute atomic E-state index is 12.3. The molecule has 0 saturated heterocycles. The van der Waals surface area contributed by atoms with E-state index in [0.717, 1.165) is 17.7 Å². The summed E-state index contributed by atoms with van der Waals surface area (Å²) in [6, 6.07) is 12.4. The molecule has 5 nitrogen and oxygen atoms in total. The lowest BCUT2D eigenvalue weighted by atomic mass is 10.1. The van der Waals surface area contributed by atoms with Crippen LogP contribution in [0.2, 0.25) is 5.02 Å². The van der Waals surface area contributed by atoms with Crippen molar-refractivity contribution in [2.45, 2.75) is 32.8 Å². The molecular formula is C20H19ClN2O3. The highest BCUT2D eigenvalue weighted by Crippen LogP contribution is 2.35. The van der Waals surface area contributed by atoms with E-state index in [-0.39, 0.29) is 6.09 Å². The molecule has 2 aromatic rings. The average molecular weight is 371 g/mol. The van der Waals surface area contributed by atoms with Gasteiger partial charge in [0.15, 0.2) is 0 Å². The van der Waals surface area contributed by atoms with Crippen molar-refractivity contribution >= 4 is 23.4 Å². The summed E-state index contributed by atoms with van der Waals surface area (Å²) in [5, 5.41) is 9.27. The normalized spacial score (nSPS) is 13.1. The van der Waals surface area contributed by atoms with Gasteiger partial charge in [-0.05, 0) is 69.2 Å². The Hall–Kier alpha value is -2.71. The standard InChI is InChI=1S/C20H19ClN2O3/c1-20(2,3)26-19(24)23-9-8-14-11-15(5-6-17(14)23)25-18-7-4-13(12-22)10-16(18)21/h4-7,10-11H,8-9H2,1-3H3. The Morgan fingerprint density at radius 2 is 2.00 bits per heavy atom. The van der Waals surface area contributed by atoms with E-state index in [1.165, 1.54) is 0 Å². The molecule has 0 aliphatic carbocycles. The lowest BCUT2D eigenvalue weighted by molar-refractivity contribution is 0.0584. The predicted octanol–water partition coefficient (Wildman–Crippen LogP) is 5.30. The van der Waals surface area contributed by atoms with Gasteiger partial charge in [-0.25, -0.2) is 4.79 Å². The highest BCUT2D eigenvalue weighted by atomic mass is 35.5. The molecule has 1 aliphatic heterocycles. The van der Waals surface area contributed by atoms with Crippen molar-refractivity contribution in [2.24, 2.45) is 0 Å². The zero-order chi connectivity index (χ0) is 18.9. The minimum absolute atomic E-state index is 0.347. The second-order valence-corrected chi connectivity index (χ2v) is 7.44. The fraction of sp³-hybridized carbons (Fsp3) is 0.300. The number of carbonyl (C=O) groups is 1. The minimum Gasteiger partial charge on any atom is -0.456 e. The van der Waals surface area contributed by atoms with Crippen molar-refractivity contribution in [3.63, 3.8) is 0 Å². The highest BCUT2D eigenvalue weighted by molar-refractivity contribution is 6.32. The first kappa shape index (κ1) is 18.1. The molecule has 26 heavy (non-hydrogen) atoms. The van der Waals surface area contributed by atoms with Crippen LogP contribution in [-0.4, -0.2) is 18.2 Å². The number of anilines is 1. The third-order valence-corrected chi connectivity index (χ3v) is 4.14. The second kappa shape index (κ2) is 6.89. The molecule has 0 spiro atoms. The maximum atomic E-state index is 12.3. The smallest absolute Gasteiger partial charge is 0.414 e. The minimum atomic E-state index is -0.533. The van der Waals surface area contributed by atoms with Crippen molar-refractivity contribution in [3.05, 3.63) is 52.5 Å². The molecule has 0 atom stereocenters. The third kappa shape index (κ3) is 3.92. The van der Waals surface area contributed by atoms with Crippen LogP contribution in [0.5, 0.6) is 11.5 Å². The molecule has 2 aromatic carbocycles. The molecule has 0 bridgehead atoms. The number of nitrogens with zero attached hydrogens (tertiary/aromatic N) is 2. The van der Waals surface area contributed by atoms with Gasteiger partial charge in [-0.15, -0.1) is 0 Å². The quantitative estimate of drug-likeness (QED) is 0.719. The summed E-state index contributed by atoms with van der Waals surface area (Å²) in [5.41, 5.74) is 1.79. The van der Waals surface area contributed by atoms with Gasteiger partial charge < -0.3 is 9.47 Å². The molecular weight excluding hydrogens is 352 g/mol. The van der Waals surface area contributed by atoms with Crippen LogP contribution < -0.4 is 9.64 Å². The van der Waals surface area contributed by atoms with E-state index in [4.69, 9.17) is 26.3 Å². The first-order chi connectivity index (χ1) is 12.3. The van der Waals surface area contributed by atoms with Gasteiger partial charge in [-0.3, -0.25) is 4.90 Å². The number of ether oxygens (including phenoxy) is 2. The molecule has 1 amide bonds. The van der Waals surface area contributed by atoms with E-state index in [1.807, 2.05) is 39.0 Å². The number of benzene rings is 2. The zero-order valence-corrected chi connectivity index (χ0v) is 15.6. The van der Waals surface area contributed by atoms with Gasteiger partial charge in [0, 0.05) is 6.54 Å². The number of halogens is 1. The molecule has 6 heteroatoms. The van der Waals surface area contributed by atoms with Gasteiger partial charge in [-0.1, -0.05) is 11.6 Å². The summed E-state index contributed by atoms with van der Waals surface area (Å²) < 4.78 is 11.3. The summed E-state index contributed by atoms with van der Waals surface area (Å²) in [4.78, 5) is 14.0. The largest absolute Gasteiger partial charge is 0.456 e. The summed E-state index contributed by atoms with van der Waals surface area (Å²) in [7, 11) is 0.